The van der Waals surface area contributed by atoms with E-state index in [0.717, 1.165) is 49.4 Å². The van der Waals surface area contributed by atoms with Gasteiger partial charge >= 0.3 is 0 Å². The molecule has 2 aromatic rings. The number of nitrogens with one attached hydrogen (secondary N) is 1. The second-order valence-electron chi connectivity index (χ2n) is 6.61. The lowest BCUT2D eigenvalue weighted by Crippen LogP contribution is -2.62. The van der Waals surface area contributed by atoms with Crippen LogP contribution >= 0.6 is 12.2 Å². The molecule has 2 aliphatic rings. The van der Waals surface area contributed by atoms with Crippen molar-refractivity contribution in [2.45, 2.75) is 18.9 Å². The van der Waals surface area contributed by atoms with Crippen molar-refractivity contribution in [1.82, 2.24) is 9.88 Å². The Balaban J connectivity index is 1.37. The van der Waals surface area contributed by atoms with Crippen molar-refractivity contribution < 1.29 is 9.13 Å². The molecule has 1 fully saturated rings. The van der Waals surface area contributed by atoms with Crippen LogP contribution in [0.3, 0.4) is 0 Å². The van der Waals surface area contributed by atoms with Crippen LogP contribution in [0, 0.1) is 5.82 Å². The molecule has 2 aliphatic heterocycles. The summed E-state index contributed by atoms with van der Waals surface area (Å²) in [4.78, 5) is 8.62. The first-order valence-corrected chi connectivity index (χ1v) is 9.16. The summed E-state index contributed by atoms with van der Waals surface area (Å²) >= 11 is 5.50. The molecule has 0 radical (unpaired) electrons. The standard InChI is InChI=1S/C19H21FN4OS/c1-25-18-8-7-13(10-21-18)22-19(26)23-11-14(12-23)24-9-3-4-15-16(20)5-2-6-17(15)24/h2,5-8,10,14H,3-4,9,11-12H2,1H3,(H,22,26). The van der Waals surface area contributed by atoms with Gasteiger partial charge in [0.15, 0.2) is 5.11 Å². The minimum atomic E-state index is -0.0902. The number of nitrogens with zero attached hydrogens (tertiary/aromatic N) is 3. The maximum absolute atomic E-state index is 14.0. The molecule has 0 amide bonds. The van der Waals surface area contributed by atoms with E-state index in [1.165, 1.54) is 0 Å². The number of pyridine rings is 1. The molecule has 26 heavy (non-hydrogen) atoms. The van der Waals surface area contributed by atoms with Gasteiger partial charge in [-0.05, 0) is 43.3 Å². The van der Waals surface area contributed by atoms with Gasteiger partial charge in [0.05, 0.1) is 25.0 Å². The van der Waals surface area contributed by atoms with Crippen molar-refractivity contribution in [3.05, 3.63) is 47.9 Å². The van der Waals surface area contributed by atoms with Gasteiger partial charge in [-0.1, -0.05) is 6.07 Å². The predicted molar refractivity (Wildman–Crippen MR) is 104 cm³/mol. The highest BCUT2D eigenvalue weighted by atomic mass is 32.1. The first-order valence-electron chi connectivity index (χ1n) is 8.75. The number of hydrogen-bond donors (Lipinski definition) is 1. The van der Waals surface area contributed by atoms with Gasteiger partial charge in [0.2, 0.25) is 5.88 Å². The average Bonchev–Trinajstić information content (AvgIpc) is 2.62. The molecule has 7 heteroatoms. The van der Waals surface area contributed by atoms with Gasteiger partial charge in [-0.15, -0.1) is 0 Å². The van der Waals surface area contributed by atoms with Crippen LogP contribution < -0.4 is 15.0 Å². The van der Waals surface area contributed by atoms with E-state index in [4.69, 9.17) is 17.0 Å². The number of anilines is 2. The largest absolute Gasteiger partial charge is 0.481 e. The molecule has 5 nitrogen and oxygen atoms in total. The predicted octanol–water partition coefficient (Wildman–Crippen LogP) is 3.06. The lowest BCUT2D eigenvalue weighted by atomic mass is 9.97. The van der Waals surface area contributed by atoms with Gasteiger partial charge < -0.3 is 19.9 Å². The normalized spacial score (nSPS) is 16.7. The second kappa shape index (κ2) is 7.07. The smallest absolute Gasteiger partial charge is 0.213 e. The quantitative estimate of drug-likeness (QED) is 0.835. The summed E-state index contributed by atoms with van der Waals surface area (Å²) in [5, 5.41) is 3.89. The van der Waals surface area contributed by atoms with E-state index >= 15 is 0 Å². The highest BCUT2D eigenvalue weighted by Crippen LogP contribution is 2.33. The first-order chi connectivity index (χ1) is 12.7. The molecule has 0 atom stereocenters. The number of fused-ring (bicyclic) bond motifs is 1. The van der Waals surface area contributed by atoms with E-state index in [9.17, 15) is 4.39 Å². The van der Waals surface area contributed by atoms with Crippen LogP contribution in [0.15, 0.2) is 36.5 Å². The van der Waals surface area contributed by atoms with Gasteiger partial charge in [0, 0.05) is 37.0 Å². The van der Waals surface area contributed by atoms with E-state index in [-0.39, 0.29) is 5.82 Å². The molecule has 136 valence electrons. The van der Waals surface area contributed by atoms with E-state index in [1.54, 1.807) is 31.5 Å². The summed E-state index contributed by atoms with van der Waals surface area (Å²) in [7, 11) is 1.59. The summed E-state index contributed by atoms with van der Waals surface area (Å²) in [5.74, 6) is 0.481. The fraction of sp³-hybridized carbons (Fsp3) is 0.368. The average molecular weight is 372 g/mol. The molecule has 0 spiro atoms. The molecule has 1 saturated heterocycles. The molecule has 1 aromatic heterocycles. The van der Waals surface area contributed by atoms with Gasteiger partial charge in [0.1, 0.15) is 5.82 Å². The van der Waals surface area contributed by atoms with E-state index in [1.807, 2.05) is 12.1 Å². The Hall–Kier alpha value is -2.41. The number of ether oxygens (including phenoxy) is 1. The zero-order valence-corrected chi connectivity index (χ0v) is 15.4. The van der Waals surface area contributed by atoms with Crippen LogP contribution in [-0.2, 0) is 6.42 Å². The Bertz CT molecular complexity index is 808. The van der Waals surface area contributed by atoms with Crippen molar-refractivity contribution in [2.75, 3.05) is 37.0 Å². The molecular weight excluding hydrogens is 351 g/mol. The van der Waals surface area contributed by atoms with E-state index < -0.39 is 0 Å². The maximum Gasteiger partial charge on any atom is 0.213 e. The van der Waals surface area contributed by atoms with Crippen LogP contribution in [0.4, 0.5) is 15.8 Å². The van der Waals surface area contributed by atoms with Gasteiger partial charge in [-0.25, -0.2) is 9.37 Å². The number of benzene rings is 1. The van der Waals surface area contributed by atoms with Crippen LogP contribution in [0.2, 0.25) is 0 Å². The Labute approximate surface area is 157 Å². The topological polar surface area (TPSA) is 40.6 Å². The molecule has 4 rings (SSSR count). The third-order valence-electron chi connectivity index (χ3n) is 5.02. The van der Waals surface area contributed by atoms with Crippen LogP contribution in [0.25, 0.3) is 0 Å². The highest BCUT2D eigenvalue weighted by Gasteiger charge is 2.35. The number of halogens is 1. The Kier molecular flexibility index (Phi) is 4.63. The minimum absolute atomic E-state index is 0.0902. The fourth-order valence-corrected chi connectivity index (χ4v) is 3.85. The summed E-state index contributed by atoms with van der Waals surface area (Å²) in [5.41, 5.74) is 2.73. The number of likely N-dealkylation sites (tertiary alicyclic amines) is 1. The van der Waals surface area contributed by atoms with Crippen molar-refractivity contribution in [1.29, 1.82) is 0 Å². The zero-order valence-electron chi connectivity index (χ0n) is 14.6. The zero-order chi connectivity index (χ0) is 18.1. The molecule has 0 bridgehead atoms. The number of methoxy groups -OCH3 is 1. The van der Waals surface area contributed by atoms with Gasteiger partial charge in [-0.2, -0.15) is 0 Å². The lowest BCUT2D eigenvalue weighted by Gasteiger charge is -2.49. The fourth-order valence-electron chi connectivity index (χ4n) is 3.59. The lowest BCUT2D eigenvalue weighted by molar-refractivity contribution is 0.242. The molecule has 1 N–H and O–H groups in total. The molecule has 0 aliphatic carbocycles. The third-order valence-corrected chi connectivity index (χ3v) is 5.38. The SMILES string of the molecule is COc1ccc(NC(=S)N2CC(N3CCCc4c(F)cccc43)C2)cn1. The Morgan fingerprint density at radius 2 is 2.15 bits per heavy atom. The summed E-state index contributed by atoms with van der Waals surface area (Å²) in [6.45, 7) is 2.65. The van der Waals surface area contributed by atoms with Crippen LogP contribution in [0.5, 0.6) is 5.88 Å². The van der Waals surface area contributed by atoms with E-state index in [2.05, 4.69) is 20.1 Å². The molecule has 0 saturated carbocycles. The minimum Gasteiger partial charge on any atom is -0.481 e. The molecule has 3 heterocycles. The summed E-state index contributed by atoms with van der Waals surface area (Å²) < 4.78 is 19.1. The van der Waals surface area contributed by atoms with Crippen LogP contribution in [-0.4, -0.2) is 47.8 Å². The van der Waals surface area contributed by atoms with Gasteiger partial charge in [-0.3, -0.25) is 0 Å². The Morgan fingerprint density at radius 1 is 1.31 bits per heavy atom. The van der Waals surface area contributed by atoms with Crippen LogP contribution in [0.1, 0.15) is 12.0 Å². The summed E-state index contributed by atoms with van der Waals surface area (Å²) in [6, 6.07) is 9.43. The second-order valence-corrected chi connectivity index (χ2v) is 7.00. The number of rotatable bonds is 3. The maximum atomic E-state index is 14.0. The third kappa shape index (κ3) is 3.19. The summed E-state index contributed by atoms with van der Waals surface area (Å²) in [6.07, 6.45) is 3.51. The Morgan fingerprint density at radius 3 is 2.88 bits per heavy atom. The number of hydrogen-bond acceptors (Lipinski definition) is 4. The van der Waals surface area contributed by atoms with Gasteiger partial charge in [0.25, 0.3) is 0 Å². The molecule has 1 aromatic carbocycles. The molecular formula is C19H21FN4OS. The molecule has 0 unspecified atom stereocenters. The monoisotopic (exact) mass is 372 g/mol. The van der Waals surface area contributed by atoms with E-state index in [0.29, 0.717) is 17.0 Å². The number of aromatic nitrogens is 1. The van der Waals surface area contributed by atoms with Crippen molar-refractivity contribution >= 4 is 28.7 Å². The first kappa shape index (κ1) is 17.0. The van der Waals surface area contributed by atoms with Crippen molar-refractivity contribution in [3.8, 4) is 5.88 Å². The van der Waals surface area contributed by atoms with Crippen molar-refractivity contribution in [2.24, 2.45) is 0 Å². The number of thiocarbonyl (C=S) groups is 1. The van der Waals surface area contributed by atoms with Crippen molar-refractivity contribution in [3.63, 3.8) is 0 Å². The highest BCUT2D eigenvalue weighted by molar-refractivity contribution is 7.80.